The lowest BCUT2D eigenvalue weighted by atomic mass is 10.0. The number of carbonyl (C=O) groups excluding carboxylic acids is 1. The Hall–Kier alpha value is -0.610. The van der Waals surface area contributed by atoms with Crippen molar-refractivity contribution in [3.63, 3.8) is 0 Å². The molecule has 76 valence electrons. The number of nitrogens with one attached hydrogen (secondary N) is 1. The van der Waals surface area contributed by atoms with Crippen molar-refractivity contribution in [3.05, 3.63) is 0 Å². The Kier molecular flexibility index (Phi) is 3.27. The molecule has 0 unspecified atom stereocenters. The lowest BCUT2D eigenvalue weighted by Crippen LogP contribution is -2.53. The van der Waals surface area contributed by atoms with E-state index in [-0.39, 0.29) is 5.91 Å². The smallest absolute Gasteiger partial charge is 0.265 e. The molecule has 13 heavy (non-hydrogen) atoms. The maximum Gasteiger partial charge on any atom is 0.265 e. The highest BCUT2D eigenvalue weighted by Gasteiger charge is 2.33. The first-order chi connectivity index (χ1) is 6.08. The summed E-state index contributed by atoms with van der Waals surface area (Å²) in [6.07, 6.45) is 0.938. The van der Waals surface area contributed by atoms with Crippen LogP contribution in [0.5, 0.6) is 0 Å². The summed E-state index contributed by atoms with van der Waals surface area (Å²) in [6, 6.07) is 0. The summed E-state index contributed by atoms with van der Waals surface area (Å²) >= 11 is 0. The fourth-order valence-corrected chi connectivity index (χ4v) is 1.44. The van der Waals surface area contributed by atoms with Crippen molar-refractivity contribution in [1.29, 1.82) is 0 Å². The molecule has 0 aromatic rings. The average Bonchev–Trinajstić information content (AvgIpc) is 2.54. The summed E-state index contributed by atoms with van der Waals surface area (Å²) in [7, 11) is 0. The van der Waals surface area contributed by atoms with Crippen LogP contribution in [0.4, 0.5) is 0 Å². The highest BCUT2D eigenvalue weighted by molar-refractivity contribution is 5.84. The van der Waals surface area contributed by atoms with Gasteiger partial charge < -0.3 is 5.32 Å². The van der Waals surface area contributed by atoms with Crippen LogP contribution in [0.15, 0.2) is 0 Å². The summed E-state index contributed by atoms with van der Waals surface area (Å²) in [4.78, 5) is 17.0. The van der Waals surface area contributed by atoms with E-state index in [1.807, 2.05) is 20.8 Å². The molecule has 0 spiro atoms. The van der Waals surface area contributed by atoms with Crippen molar-refractivity contribution in [2.24, 2.45) is 0 Å². The molecular weight excluding hydrogens is 168 g/mol. The van der Waals surface area contributed by atoms with Crippen LogP contribution in [0.3, 0.4) is 0 Å². The predicted molar refractivity (Wildman–Crippen MR) is 50.0 cm³/mol. The number of rotatable bonds is 3. The molecule has 1 aliphatic rings. The van der Waals surface area contributed by atoms with Gasteiger partial charge >= 0.3 is 0 Å². The zero-order chi connectivity index (χ0) is 9.90. The molecule has 1 rings (SSSR count). The molecule has 0 saturated carbocycles. The molecule has 1 saturated heterocycles. The molecular formula is C9H18N2O2. The quantitative estimate of drug-likeness (QED) is 0.699. The van der Waals surface area contributed by atoms with Crippen LogP contribution in [0, 0.1) is 0 Å². The SMILES string of the molecule is CCNC(C)(C)C(=O)N1CCCO1. The zero-order valence-corrected chi connectivity index (χ0v) is 8.59. The van der Waals surface area contributed by atoms with E-state index in [2.05, 4.69) is 5.32 Å². The maximum atomic E-state index is 11.8. The van der Waals surface area contributed by atoms with Gasteiger partial charge in [0.1, 0.15) is 0 Å². The van der Waals surface area contributed by atoms with Crippen molar-refractivity contribution < 1.29 is 9.63 Å². The number of nitrogens with zero attached hydrogens (tertiary/aromatic N) is 1. The highest BCUT2D eigenvalue weighted by Crippen LogP contribution is 2.12. The van der Waals surface area contributed by atoms with Crippen LogP contribution >= 0.6 is 0 Å². The van der Waals surface area contributed by atoms with Gasteiger partial charge in [0.05, 0.1) is 18.7 Å². The molecule has 0 aromatic carbocycles. The number of hydroxylamine groups is 2. The summed E-state index contributed by atoms with van der Waals surface area (Å²) in [5.74, 6) is 0.0202. The molecule has 4 heteroatoms. The van der Waals surface area contributed by atoms with Crippen LogP contribution in [0.1, 0.15) is 27.2 Å². The van der Waals surface area contributed by atoms with Gasteiger partial charge in [0.15, 0.2) is 0 Å². The minimum atomic E-state index is -0.515. The Morgan fingerprint density at radius 3 is 2.77 bits per heavy atom. The van der Waals surface area contributed by atoms with Crippen molar-refractivity contribution >= 4 is 5.91 Å². The van der Waals surface area contributed by atoms with Gasteiger partial charge in [-0.1, -0.05) is 6.92 Å². The number of likely N-dealkylation sites (N-methyl/N-ethyl adjacent to an activating group) is 1. The number of hydrogen-bond acceptors (Lipinski definition) is 3. The van der Waals surface area contributed by atoms with E-state index in [4.69, 9.17) is 4.84 Å². The predicted octanol–water partition coefficient (Wildman–Crippen LogP) is 0.538. The van der Waals surface area contributed by atoms with Crippen molar-refractivity contribution in [1.82, 2.24) is 10.4 Å². The molecule has 1 amide bonds. The summed E-state index contributed by atoms with van der Waals surface area (Å²) in [6.45, 7) is 7.90. The lowest BCUT2D eigenvalue weighted by Gasteiger charge is -2.28. The first-order valence-electron chi connectivity index (χ1n) is 4.78. The molecule has 0 bridgehead atoms. The molecule has 0 atom stereocenters. The van der Waals surface area contributed by atoms with E-state index in [0.29, 0.717) is 13.2 Å². The van der Waals surface area contributed by atoms with Gasteiger partial charge in [-0.05, 0) is 26.8 Å². The van der Waals surface area contributed by atoms with E-state index in [1.165, 1.54) is 5.06 Å². The van der Waals surface area contributed by atoms with E-state index in [9.17, 15) is 4.79 Å². The van der Waals surface area contributed by atoms with Crippen molar-refractivity contribution in [3.8, 4) is 0 Å². The number of hydrogen-bond donors (Lipinski definition) is 1. The Morgan fingerprint density at radius 1 is 1.62 bits per heavy atom. The number of carbonyl (C=O) groups is 1. The average molecular weight is 186 g/mol. The molecule has 1 fully saturated rings. The normalized spacial score (nSPS) is 17.9. The molecule has 0 radical (unpaired) electrons. The van der Waals surface area contributed by atoms with Gasteiger partial charge in [-0.25, -0.2) is 5.06 Å². The second-order valence-corrected chi connectivity index (χ2v) is 3.75. The van der Waals surface area contributed by atoms with Crippen LogP contribution in [-0.4, -0.2) is 36.2 Å². The van der Waals surface area contributed by atoms with Gasteiger partial charge in [-0.3, -0.25) is 9.63 Å². The minimum Gasteiger partial charge on any atom is -0.304 e. The topological polar surface area (TPSA) is 41.6 Å². The third-order valence-corrected chi connectivity index (χ3v) is 2.13. The second kappa shape index (κ2) is 4.07. The first kappa shape index (κ1) is 10.5. The van der Waals surface area contributed by atoms with E-state index in [0.717, 1.165) is 13.0 Å². The van der Waals surface area contributed by atoms with Crippen LogP contribution in [-0.2, 0) is 9.63 Å². The molecule has 4 nitrogen and oxygen atoms in total. The Bertz CT molecular complexity index is 186. The van der Waals surface area contributed by atoms with Gasteiger partial charge in [0.2, 0.25) is 0 Å². The Balaban J connectivity index is 2.53. The molecule has 0 aromatic heterocycles. The van der Waals surface area contributed by atoms with E-state index >= 15 is 0 Å². The highest BCUT2D eigenvalue weighted by atomic mass is 16.7. The maximum absolute atomic E-state index is 11.8. The van der Waals surface area contributed by atoms with Crippen LogP contribution in [0.25, 0.3) is 0 Å². The van der Waals surface area contributed by atoms with E-state index < -0.39 is 5.54 Å². The Morgan fingerprint density at radius 2 is 2.31 bits per heavy atom. The fourth-order valence-electron chi connectivity index (χ4n) is 1.44. The minimum absolute atomic E-state index is 0.0202. The summed E-state index contributed by atoms with van der Waals surface area (Å²) in [5, 5.41) is 4.59. The lowest BCUT2D eigenvalue weighted by molar-refractivity contribution is -0.175. The van der Waals surface area contributed by atoms with Gasteiger partial charge in [-0.2, -0.15) is 0 Å². The third kappa shape index (κ3) is 2.42. The Labute approximate surface area is 79.2 Å². The van der Waals surface area contributed by atoms with E-state index in [1.54, 1.807) is 0 Å². The zero-order valence-electron chi connectivity index (χ0n) is 8.59. The van der Waals surface area contributed by atoms with Gasteiger partial charge in [0.25, 0.3) is 5.91 Å². The van der Waals surface area contributed by atoms with Crippen LogP contribution in [0.2, 0.25) is 0 Å². The van der Waals surface area contributed by atoms with Crippen molar-refractivity contribution in [2.75, 3.05) is 19.7 Å². The monoisotopic (exact) mass is 186 g/mol. The standard InChI is InChI=1S/C9H18N2O2/c1-4-10-9(2,3)8(12)11-6-5-7-13-11/h10H,4-7H2,1-3H3. The fraction of sp³-hybridized carbons (Fsp3) is 0.889. The summed E-state index contributed by atoms with van der Waals surface area (Å²) in [5.41, 5.74) is -0.515. The number of amides is 1. The summed E-state index contributed by atoms with van der Waals surface area (Å²) < 4.78 is 0. The van der Waals surface area contributed by atoms with Crippen molar-refractivity contribution in [2.45, 2.75) is 32.7 Å². The molecule has 0 aliphatic carbocycles. The third-order valence-electron chi connectivity index (χ3n) is 2.13. The van der Waals surface area contributed by atoms with Gasteiger partial charge in [-0.15, -0.1) is 0 Å². The second-order valence-electron chi connectivity index (χ2n) is 3.75. The van der Waals surface area contributed by atoms with Gasteiger partial charge in [0, 0.05) is 0 Å². The molecule has 1 aliphatic heterocycles. The largest absolute Gasteiger partial charge is 0.304 e. The first-order valence-corrected chi connectivity index (χ1v) is 4.78. The molecule has 1 N–H and O–H groups in total. The molecule has 1 heterocycles. The van der Waals surface area contributed by atoms with Crippen LogP contribution < -0.4 is 5.32 Å².